The number of hydrogen-bond acceptors (Lipinski definition) is 7. The Morgan fingerprint density at radius 2 is 2.30 bits per heavy atom. The van der Waals surface area contributed by atoms with Crippen molar-refractivity contribution in [2.45, 2.75) is 18.9 Å². The van der Waals surface area contributed by atoms with E-state index in [0.29, 0.717) is 5.95 Å². The van der Waals surface area contributed by atoms with E-state index in [1.807, 2.05) is 11.6 Å². The third-order valence-corrected chi connectivity index (χ3v) is 5.23. The number of ether oxygens (including phenoxy) is 1. The van der Waals surface area contributed by atoms with Gasteiger partial charge in [0.1, 0.15) is 10.7 Å². The van der Waals surface area contributed by atoms with Gasteiger partial charge in [0.25, 0.3) is 0 Å². The highest BCUT2D eigenvalue weighted by Gasteiger charge is 2.17. The number of thiazole rings is 1. The normalized spacial score (nSPS) is 17.5. The largest absolute Gasteiger partial charge is 0.376 e. The van der Waals surface area contributed by atoms with Crippen LogP contribution in [0, 0.1) is 0 Å². The van der Waals surface area contributed by atoms with Gasteiger partial charge in [-0.2, -0.15) is 11.3 Å². The van der Waals surface area contributed by atoms with Gasteiger partial charge in [-0.3, -0.25) is 0 Å². The van der Waals surface area contributed by atoms with E-state index in [-0.39, 0.29) is 6.10 Å². The zero-order valence-corrected chi connectivity index (χ0v) is 14.1. The van der Waals surface area contributed by atoms with Gasteiger partial charge in [-0.15, -0.1) is 11.3 Å². The SMILES string of the molecule is c1csc(-c2nc(NCC3CCCO3)ncc2-c2ccsc2)n1. The number of nitrogens with one attached hydrogen (secondary N) is 1. The summed E-state index contributed by atoms with van der Waals surface area (Å²) in [5.74, 6) is 0.629. The van der Waals surface area contributed by atoms with Gasteiger partial charge in [0.2, 0.25) is 5.95 Å². The molecule has 3 aromatic rings. The highest BCUT2D eigenvalue weighted by molar-refractivity contribution is 7.13. The molecule has 3 aromatic heterocycles. The number of aromatic nitrogens is 3. The molecule has 0 spiro atoms. The van der Waals surface area contributed by atoms with Crippen LogP contribution in [-0.4, -0.2) is 34.2 Å². The van der Waals surface area contributed by atoms with Crippen LogP contribution in [0.4, 0.5) is 5.95 Å². The Hall–Kier alpha value is -1.83. The monoisotopic (exact) mass is 344 g/mol. The minimum absolute atomic E-state index is 0.262. The molecule has 23 heavy (non-hydrogen) atoms. The third kappa shape index (κ3) is 3.26. The van der Waals surface area contributed by atoms with Crippen molar-refractivity contribution in [2.75, 3.05) is 18.5 Å². The average molecular weight is 344 g/mol. The molecule has 1 atom stereocenters. The molecule has 7 heteroatoms. The molecule has 1 saturated heterocycles. The first kappa shape index (κ1) is 14.7. The van der Waals surface area contributed by atoms with E-state index in [4.69, 9.17) is 9.72 Å². The summed E-state index contributed by atoms with van der Waals surface area (Å²) < 4.78 is 5.63. The maximum absolute atomic E-state index is 5.63. The second kappa shape index (κ2) is 6.74. The van der Waals surface area contributed by atoms with Crippen molar-refractivity contribution in [3.63, 3.8) is 0 Å². The Morgan fingerprint density at radius 1 is 1.30 bits per heavy atom. The predicted octanol–water partition coefficient (Wildman–Crippen LogP) is 3.92. The molecule has 0 radical (unpaired) electrons. The topological polar surface area (TPSA) is 59.9 Å². The molecule has 0 aliphatic carbocycles. The maximum Gasteiger partial charge on any atom is 0.223 e. The Balaban J connectivity index is 1.63. The highest BCUT2D eigenvalue weighted by atomic mass is 32.1. The van der Waals surface area contributed by atoms with E-state index in [9.17, 15) is 0 Å². The van der Waals surface area contributed by atoms with Crippen LogP contribution in [0.15, 0.2) is 34.6 Å². The van der Waals surface area contributed by atoms with E-state index >= 15 is 0 Å². The zero-order chi connectivity index (χ0) is 15.5. The van der Waals surface area contributed by atoms with E-state index in [1.54, 1.807) is 28.9 Å². The number of anilines is 1. The summed E-state index contributed by atoms with van der Waals surface area (Å²) in [4.78, 5) is 13.6. The van der Waals surface area contributed by atoms with Gasteiger partial charge in [-0.1, -0.05) is 0 Å². The molecule has 1 aliphatic rings. The summed E-state index contributed by atoms with van der Waals surface area (Å²) in [6.45, 7) is 1.60. The van der Waals surface area contributed by atoms with Crippen molar-refractivity contribution in [1.29, 1.82) is 0 Å². The maximum atomic E-state index is 5.63. The molecule has 1 N–H and O–H groups in total. The number of nitrogens with zero attached hydrogens (tertiary/aromatic N) is 3. The van der Waals surface area contributed by atoms with Crippen molar-refractivity contribution in [3.8, 4) is 21.8 Å². The van der Waals surface area contributed by atoms with Crippen LogP contribution in [0.5, 0.6) is 0 Å². The van der Waals surface area contributed by atoms with Gasteiger partial charge in [0.05, 0.1) is 6.10 Å². The molecule has 1 unspecified atom stereocenters. The Bertz CT molecular complexity index is 753. The first-order valence-corrected chi connectivity index (χ1v) is 9.37. The lowest BCUT2D eigenvalue weighted by Gasteiger charge is -2.12. The summed E-state index contributed by atoms with van der Waals surface area (Å²) in [6, 6.07) is 2.08. The van der Waals surface area contributed by atoms with Crippen LogP contribution in [0.1, 0.15) is 12.8 Å². The molecule has 0 aromatic carbocycles. The first-order valence-electron chi connectivity index (χ1n) is 7.55. The quantitative estimate of drug-likeness (QED) is 0.760. The molecule has 0 saturated carbocycles. The molecule has 0 amide bonds. The molecule has 0 bridgehead atoms. The van der Waals surface area contributed by atoms with Crippen LogP contribution in [0.3, 0.4) is 0 Å². The van der Waals surface area contributed by atoms with Gasteiger partial charge in [-0.25, -0.2) is 15.0 Å². The summed E-state index contributed by atoms with van der Waals surface area (Å²) in [7, 11) is 0. The molecule has 4 heterocycles. The van der Waals surface area contributed by atoms with Crippen molar-refractivity contribution in [3.05, 3.63) is 34.6 Å². The summed E-state index contributed by atoms with van der Waals surface area (Å²) in [5.41, 5.74) is 3.03. The third-order valence-electron chi connectivity index (χ3n) is 3.77. The van der Waals surface area contributed by atoms with Crippen LogP contribution in [-0.2, 0) is 4.74 Å². The van der Waals surface area contributed by atoms with Gasteiger partial charge < -0.3 is 10.1 Å². The zero-order valence-electron chi connectivity index (χ0n) is 12.4. The fourth-order valence-corrected chi connectivity index (χ4v) is 3.91. The Kier molecular flexibility index (Phi) is 4.32. The smallest absolute Gasteiger partial charge is 0.223 e. The number of hydrogen-bond donors (Lipinski definition) is 1. The second-order valence-corrected chi connectivity index (χ2v) is 7.00. The summed E-state index contributed by atoms with van der Waals surface area (Å²) >= 11 is 3.26. The van der Waals surface area contributed by atoms with Gasteiger partial charge in [-0.05, 0) is 35.2 Å². The van der Waals surface area contributed by atoms with Crippen molar-refractivity contribution in [1.82, 2.24) is 15.0 Å². The van der Waals surface area contributed by atoms with Crippen molar-refractivity contribution in [2.24, 2.45) is 0 Å². The lowest BCUT2D eigenvalue weighted by molar-refractivity contribution is 0.120. The lowest BCUT2D eigenvalue weighted by Crippen LogP contribution is -2.19. The molecule has 1 fully saturated rings. The molecule has 4 rings (SSSR count). The molecule has 5 nitrogen and oxygen atoms in total. The van der Waals surface area contributed by atoms with E-state index in [1.165, 1.54) is 0 Å². The molecule has 1 aliphatic heterocycles. The van der Waals surface area contributed by atoms with Gasteiger partial charge >= 0.3 is 0 Å². The van der Waals surface area contributed by atoms with Crippen molar-refractivity contribution < 1.29 is 4.74 Å². The standard InChI is InChI=1S/C16H16N4OS2/c1-2-12(21-5-1)8-18-16-19-9-13(11-3-6-22-10-11)14(20-16)15-17-4-7-23-15/h3-4,6-7,9-10,12H,1-2,5,8H2,(H,18,19,20). The van der Waals surface area contributed by atoms with E-state index in [0.717, 1.165) is 47.8 Å². The van der Waals surface area contributed by atoms with Gasteiger partial charge in [0.15, 0.2) is 0 Å². The molecular weight excluding hydrogens is 328 g/mol. The summed E-state index contributed by atoms with van der Waals surface area (Å²) in [6.07, 6.45) is 6.18. The van der Waals surface area contributed by atoms with E-state index in [2.05, 4.69) is 32.1 Å². The van der Waals surface area contributed by atoms with Crippen LogP contribution >= 0.6 is 22.7 Å². The summed E-state index contributed by atoms with van der Waals surface area (Å²) in [5, 5.41) is 10.3. The van der Waals surface area contributed by atoms with Crippen LogP contribution in [0.25, 0.3) is 21.8 Å². The number of rotatable bonds is 5. The predicted molar refractivity (Wildman–Crippen MR) is 93.9 cm³/mol. The highest BCUT2D eigenvalue weighted by Crippen LogP contribution is 2.33. The van der Waals surface area contributed by atoms with Crippen LogP contribution < -0.4 is 5.32 Å². The van der Waals surface area contributed by atoms with Crippen molar-refractivity contribution >= 4 is 28.6 Å². The lowest BCUT2D eigenvalue weighted by atomic mass is 10.1. The number of thiophene rings is 1. The minimum atomic E-state index is 0.262. The van der Waals surface area contributed by atoms with E-state index < -0.39 is 0 Å². The molecule has 118 valence electrons. The van der Waals surface area contributed by atoms with Gasteiger partial charge in [0, 0.05) is 36.5 Å². The molecular formula is C16H16N4OS2. The second-order valence-electron chi connectivity index (χ2n) is 5.32. The fourth-order valence-electron chi connectivity index (χ4n) is 2.61. The average Bonchev–Trinajstić information content (AvgIpc) is 3.36. The fraction of sp³-hybridized carbons (Fsp3) is 0.312. The minimum Gasteiger partial charge on any atom is -0.376 e. The van der Waals surface area contributed by atoms with Crippen LogP contribution in [0.2, 0.25) is 0 Å². The Labute approximate surface area is 142 Å². The Morgan fingerprint density at radius 3 is 3.04 bits per heavy atom. The first-order chi connectivity index (χ1) is 11.4.